The Kier molecular flexibility index (Phi) is 3.96. The zero-order valence-electron chi connectivity index (χ0n) is 8.59. The fraction of sp³-hybridized carbons (Fsp3) is 0.455. The maximum atomic E-state index is 5.62. The van der Waals surface area contributed by atoms with Crippen molar-refractivity contribution < 1.29 is 4.74 Å². The van der Waals surface area contributed by atoms with Crippen LogP contribution in [0.4, 0.5) is 0 Å². The van der Waals surface area contributed by atoms with Crippen LogP contribution in [0.15, 0.2) is 28.7 Å². The third kappa shape index (κ3) is 3.68. The van der Waals surface area contributed by atoms with Crippen molar-refractivity contribution in [2.75, 3.05) is 13.2 Å². The molecule has 2 N–H and O–H groups in total. The number of hydrogen-bond acceptors (Lipinski definition) is 2. The average Bonchev–Trinajstić information content (AvgIpc) is 2.17. The van der Waals surface area contributed by atoms with Crippen LogP contribution in [0, 0.1) is 5.41 Å². The fourth-order valence-electron chi connectivity index (χ4n) is 0.868. The number of nitrogens with two attached hydrogens (primary N) is 1. The van der Waals surface area contributed by atoms with Crippen molar-refractivity contribution in [1.82, 2.24) is 0 Å². The Morgan fingerprint density at radius 2 is 1.86 bits per heavy atom. The van der Waals surface area contributed by atoms with Gasteiger partial charge >= 0.3 is 0 Å². The molecular weight excluding hydrogens is 242 g/mol. The van der Waals surface area contributed by atoms with Crippen LogP contribution in [0.25, 0.3) is 0 Å². The molecule has 1 rings (SSSR count). The second kappa shape index (κ2) is 4.80. The Bertz CT molecular complexity index is 282. The molecule has 0 aliphatic carbocycles. The topological polar surface area (TPSA) is 35.2 Å². The van der Waals surface area contributed by atoms with E-state index in [0.29, 0.717) is 13.2 Å². The van der Waals surface area contributed by atoms with E-state index in [0.717, 1.165) is 10.2 Å². The van der Waals surface area contributed by atoms with Crippen LogP contribution in [0.5, 0.6) is 5.75 Å². The van der Waals surface area contributed by atoms with Crippen molar-refractivity contribution in [1.29, 1.82) is 0 Å². The first-order chi connectivity index (χ1) is 6.53. The van der Waals surface area contributed by atoms with E-state index in [2.05, 4.69) is 29.8 Å². The molecule has 0 aliphatic heterocycles. The van der Waals surface area contributed by atoms with E-state index in [1.165, 1.54) is 0 Å². The summed E-state index contributed by atoms with van der Waals surface area (Å²) in [5, 5.41) is 0. The van der Waals surface area contributed by atoms with Crippen LogP contribution in [0.2, 0.25) is 0 Å². The highest BCUT2D eigenvalue weighted by molar-refractivity contribution is 9.10. The zero-order valence-corrected chi connectivity index (χ0v) is 10.2. The van der Waals surface area contributed by atoms with Crippen molar-refractivity contribution in [2.24, 2.45) is 11.1 Å². The molecule has 0 aliphatic rings. The molecule has 0 atom stereocenters. The summed E-state index contributed by atoms with van der Waals surface area (Å²) in [6.07, 6.45) is 0. The van der Waals surface area contributed by atoms with Crippen LogP contribution in [0.3, 0.4) is 0 Å². The normalized spacial score (nSPS) is 11.4. The molecule has 0 unspecified atom stereocenters. The molecule has 0 aromatic heterocycles. The molecular formula is C11H16BrNO. The maximum absolute atomic E-state index is 5.62. The average molecular weight is 258 g/mol. The third-order valence-corrected chi connectivity index (χ3v) is 2.52. The van der Waals surface area contributed by atoms with Crippen LogP contribution in [-0.4, -0.2) is 13.2 Å². The van der Waals surface area contributed by atoms with Crippen LogP contribution < -0.4 is 10.5 Å². The molecule has 2 nitrogen and oxygen atoms in total. The van der Waals surface area contributed by atoms with Gasteiger partial charge in [-0.05, 0) is 24.3 Å². The molecule has 0 saturated heterocycles. The Hall–Kier alpha value is -0.540. The molecule has 78 valence electrons. The summed E-state index contributed by atoms with van der Waals surface area (Å²) in [5.74, 6) is 0.884. The van der Waals surface area contributed by atoms with Gasteiger partial charge in [-0.3, -0.25) is 0 Å². The zero-order chi connectivity index (χ0) is 10.6. The summed E-state index contributed by atoms with van der Waals surface area (Å²) in [7, 11) is 0. The number of benzene rings is 1. The summed E-state index contributed by atoms with van der Waals surface area (Å²) in [6, 6.07) is 7.81. The summed E-state index contributed by atoms with van der Waals surface area (Å²) in [6.45, 7) is 5.45. The first-order valence-corrected chi connectivity index (χ1v) is 5.41. The molecule has 0 radical (unpaired) electrons. The van der Waals surface area contributed by atoms with E-state index in [1.807, 2.05) is 24.3 Å². The highest BCUT2D eigenvalue weighted by Gasteiger charge is 2.16. The van der Waals surface area contributed by atoms with Gasteiger partial charge in [0.1, 0.15) is 5.75 Å². The lowest BCUT2D eigenvalue weighted by atomic mass is 9.95. The highest BCUT2D eigenvalue weighted by Crippen LogP contribution is 2.19. The summed E-state index contributed by atoms with van der Waals surface area (Å²) < 4.78 is 6.67. The van der Waals surface area contributed by atoms with Gasteiger partial charge in [0.15, 0.2) is 0 Å². The van der Waals surface area contributed by atoms with Crippen LogP contribution in [-0.2, 0) is 0 Å². The van der Waals surface area contributed by atoms with Crippen molar-refractivity contribution in [2.45, 2.75) is 13.8 Å². The number of rotatable bonds is 4. The van der Waals surface area contributed by atoms with Gasteiger partial charge in [-0.25, -0.2) is 0 Å². The molecule has 0 bridgehead atoms. The van der Waals surface area contributed by atoms with Gasteiger partial charge in [0, 0.05) is 16.4 Å². The Balaban J connectivity index is 2.50. The van der Waals surface area contributed by atoms with Crippen LogP contribution >= 0.6 is 15.9 Å². The molecule has 1 aromatic rings. The van der Waals surface area contributed by atoms with Gasteiger partial charge in [0.05, 0.1) is 6.61 Å². The van der Waals surface area contributed by atoms with Gasteiger partial charge in [-0.2, -0.15) is 0 Å². The van der Waals surface area contributed by atoms with E-state index in [4.69, 9.17) is 10.5 Å². The van der Waals surface area contributed by atoms with Gasteiger partial charge in [0.2, 0.25) is 0 Å². The van der Waals surface area contributed by atoms with Crippen LogP contribution in [0.1, 0.15) is 13.8 Å². The van der Waals surface area contributed by atoms with E-state index in [-0.39, 0.29) is 5.41 Å². The predicted octanol–water partition coefficient (Wildman–Crippen LogP) is 2.81. The van der Waals surface area contributed by atoms with Gasteiger partial charge in [-0.15, -0.1) is 0 Å². The summed E-state index contributed by atoms with van der Waals surface area (Å²) in [4.78, 5) is 0. The number of halogens is 1. The lowest BCUT2D eigenvalue weighted by molar-refractivity contribution is 0.187. The predicted molar refractivity (Wildman–Crippen MR) is 62.5 cm³/mol. The smallest absolute Gasteiger partial charge is 0.119 e. The van der Waals surface area contributed by atoms with Crippen molar-refractivity contribution >= 4 is 15.9 Å². The molecule has 3 heteroatoms. The second-order valence-corrected chi connectivity index (χ2v) is 5.03. The molecule has 0 saturated carbocycles. The lowest BCUT2D eigenvalue weighted by Crippen LogP contribution is -2.30. The molecule has 0 spiro atoms. The molecule has 1 aromatic carbocycles. The minimum absolute atomic E-state index is 0.0348. The summed E-state index contributed by atoms with van der Waals surface area (Å²) >= 11 is 3.37. The number of hydrogen-bond donors (Lipinski definition) is 1. The van der Waals surface area contributed by atoms with Crippen molar-refractivity contribution in [3.05, 3.63) is 28.7 Å². The fourth-order valence-corrected chi connectivity index (χ4v) is 1.13. The standard InChI is InChI=1S/C11H16BrNO/c1-11(2,7-13)8-14-10-5-3-9(12)4-6-10/h3-6H,7-8,13H2,1-2H3. The van der Waals surface area contributed by atoms with E-state index < -0.39 is 0 Å². The van der Waals surface area contributed by atoms with Gasteiger partial charge in [0.25, 0.3) is 0 Å². The molecule has 0 fully saturated rings. The quantitative estimate of drug-likeness (QED) is 0.901. The van der Waals surface area contributed by atoms with Gasteiger partial charge < -0.3 is 10.5 Å². The van der Waals surface area contributed by atoms with E-state index >= 15 is 0 Å². The Morgan fingerprint density at radius 3 is 2.36 bits per heavy atom. The van der Waals surface area contributed by atoms with E-state index in [1.54, 1.807) is 0 Å². The first kappa shape index (κ1) is 11.5. The largest absolute Gasteiger partial charge is 0.493 e. The highest BCUT2D eigenvalue weighted by atomic mass is 79.9. The molecule has 14 heavy (non-hydrogen) atoms. The Labute approximate surface area is 93.6 Å². The minimum atomic E-state index is 0.0348. The second-order valence-electron chi connectivity index (χ2n) is 4.11. The third-order valence-electron chi connectivity index (χ3n) is 2.00. The monoisotopic (exact) mass is 257 g/mol. The molecule has 0 heterocycles. The molecule has 0 amide bonds. The van der Waals surface area contributed by atoms with Crippen molar-refractivity contribution in [3.8, 4) is 5.75 Å². The summed E-state index contributed by atoms with van der Waals surface area (Å²) in [5.41, 5.74) is 5.64. The lowest BCUT2D eigenvalue weighted by Gasteiger charge is -2.22. The SMILES string of the molecule is CC(C)(CN)COc1ccc(Br)cc1. The Morgan fingerprint density at radius 1 is 1.29 bits per heavy atom. The van der Waals surface area contributed by atoms with Gasteiger partial charge in [-0.1, -0.05) is 29.8 Å². The maximum Gasteiger partial charge on any atom is 0.119 e. The van der Waals surface area contributed by atoms with E-state index in [9.17, 15) is 0 Å². The first-order valence-electron chi connectivity index (χ1n) is 4.62. The van der Waals surface area contributed by atoms with Crippen molar-refractivity contribution in [3.63, 3.8) is 0 Å². The number of ether oxygens (including phenoxy) is 1. The minimum Gasteiger partial charge on any atom is -0.493 e.